The first-order valence-corrected chi connectivity index (χ1v) is 18.5. The molecule has 0 amide bonds. The molecule has 7 aromatic heterocycles. The summed E-state index contributed by atoms with van der Waals surface area (Å²) < 4.78 is 6.65. The van der Waals surface area contributed by atoms with Gasteiger partial charge < -0.3 is 4.42 Å². The summed E-state index contributed by atoms with van der Waals surface area (Å²) in [6, 6.07) is 44.6. The maximum atomic E-state index is 6.65. The molecular formula is C48H28N8O. The van der Waals surface area contributed by atoms with E-state index in [2.05, 4.69) is 86.7 Å². The van der Waals surface area contributed by atoms with Crippen LogP contribution in [0.1, 0.15) is 0 Å². The van der Waals surface area contributed by atoms with Gasteiger partial charge >= 0.3 is 0 Å². The molecule has 0 aliphatic rings. The largest absolute Gasteiger partial charge is 0.455 e. The summed E-state index contributed by atoms with van der Waals surface area (Å²) >= 11 is 0. The summed E-state index contributed by atoms with van der Waals surface area (Å²) in [4.78, 5) is 37.6. The summed E-state index contributed by atoms with van der Waals surface area (Å²) in [6.45, 7) is 0. The van der Waals surface area contributed by atoms with Crippen LogP contribution >= 0.6 is 0 Å². The van der Waals surface area contributed by atoms with E-state index in [-0.39, 0.29) is 0 Å². The number of nitrogens with zero attached hydrogens (tertiary/aromatic N) is 8. The van der Waals surface area contributed by atoms with Crippen molar-refractivity contribution in [2.75, 3.05) is 0 Å². The molecule has 0 radical (unpaired) electrons. The minimum Gasteiger partial charge on any atom is -0.455 e. The fourth-order valence-corrected chi connectivity index (χ4v) is 7.47. The van der Waals surface area contributed by atoms with Crippen molar-refractivity contribution in [1.82, 2.24) is 39.9 Å². The van der Waals surface area contributed by atoms with Crippen molar-refractivity contribution in [2.24, 2.45) is 0 Å². The Hall–Kier alpha value is -8.04. The molecule has 11 aromatic rings. The van der Waals surface area contributed by atoms with Gasteiger partial charge in [0.25, 0.3) is 0 Å². The van der Waals surface area contributed by atoms with Crippen LogP contribution in [0.15, 0.2) is 175 Å². The molecular weight excluding hydrogens is 705 g/mol. The molecule has 11 rings (SSSR count). The average molecular weight is 733 g/mol. The predicted octanol–water partition coefficient (Wildman–Crippen LogP) is 11.1. The number of pyridine rings is 4. The minimum absolute atomic E-state index is 0.620. The summed E-state index contributed by atoms with van der Waals surface area (Å²) in [5.74, 6) is 1.25. The molecule has 57 heavy (non-hydrogen) atoms. The lowest BCUT2D eigenvalue weighted by Gasteiger charge is -2.11. The van der Waals surface area contributed by atoms with Gasteiger partial charge in [-0.05, 0) is 102 Å². The van der Waals surface area contributed by atoms with Crippen LogP contribution in [0.25, 0.3) is 112 Å². The van der Waals surface area contributed by atoms with Crippen molar-refractivity contribution in [1.29, 1.82) is 0 Å². The van der Waals surface area contributed by atoms with Crippen LogP contribution in [0.4, 0.5) is 0 Å². The van der Waals surface area contributed by atoms with Gasteiger partial charge in [-0.15, -0.1) is 0 Å². The van der Waals surface area contributed by atoms with Crippen molar-refractivity contribution in [3.63, 3.8) is 0 Å². The molecule has 9 nitrogen and oxygen atoms in total. The van der Waals surface area contributed by atoms with Crippen LogP contribution in [-0.4, -0.2) is 39.9 Å². The molecule has 0 unspecified atom stereocenters. The molecule has 0 spiro atoms. The van der Waals surface area contributed by atoms with E-state index >= 15 is 0 Å². The molecule has 0 fully saturated rings. The molecule has 4 aromatic carbocycles. The normalized spacial score (nSPS) is 11.5. The highest BCUT2D eigenvalue weighted by Gasteiger charge is 2.18. The molecule has 7 heterocycles. The first kappa shape index (κ1) is 32.4. The maximum Gasteiger partial charge on any atom is 0.160 e. The van der Waals surface area contributed by atoms with E-state index in [0.29, 0.717) is 11.6 Å². The van der Waals surface area contributed by atoms with E-state index in [1.165, 1.54) is 0 Å². The highest BCUT2D eigenvalue weighted by atomic mass is 16.3. The van der Waals surface area contributed by atoms with Crippen molar-refractivity contribution < 1.29 is 4.42 Å². The third kappa shape index (κ3) is 5.73. The number of hydrogen-bond acceptors (Lipinski definition) is 9. The first-order valence-electron chi connectivity index (χ1n) is 18.5. The Kier molecular flexibility index (Phi) is 7.60. The SMILES string of the molecule is c1ccc(-c2nc(-c3ccncc3)nc3ccc(-c4ccc5oc6c(-c7ccc8nc(-c9ccncc9)nc(-c9ccccn9)c8c7)cccc6c5c4)cc23)nc1. The topological polar surface area (TPSA) is 116 Å². The van der Waals surface area contributed by atoms with Gasteiger partial charge in [0.15, 0.2) is 11.6 Å². The van der Waals surface area contributed by atoms with Gasteiger partial charge in [0.05, 0.1) is 22.4 Å². The zero-order valence-corrected chi connectivity index (χ0v) is 30.2. The summed E-state index contributed by atoms with van der Waals surface area (Å²) in [7, 11) is 0. The second-order valence-electron chi connectivity index (χ2n) is 13.7. The van der Waals surface area contributed by atoms with Crippen LogP contribution in [-0.2, 0) is 0 Å². The fourth-order valence-electron chi connectivity index (χ4n) is 7.47. The van der Waals surface area contributed by atoms with Gasteiger partial charge in [-0.1, -0.05) is 48.5 Å². The number of aromatic nitrogens is 8. The fraction of sp³-hybridized carbons (Fsp3) is 0. The zero-order chi connectivity index (χ0) is 37.7. The van der Waals surface area contributed by atoms with Crippen molar-refractivity contribution in [3.05, 3.63) is 171 Å². The number of furan rings is 1. The smallest absolute Gasteiger partial charge is 0.160 e. The predicted molar refractivity (Wildman–Crippen MR) is 224 cm³/mol. The zero-order valence-electron chi connectivity index (χ0n) is 30.2. The quantitative estimate of drug-likeness (QED) is 0.165. The molecule has 266 valence electrons. The number of para-hydroxylation sites is 1. The van der Waals surface area contributed by atoms with Crippen molar-refractivity contribution in [2.45, 2.75) is 0 Å². The van der Waals surface area contributed by atoms with Crippen LogP contribution in [0.2, 0.25) is 0 Å². The van der Waals surface area contributed by atoms with Gasteiger partial charge in [-0.3, -0.25) is 19.9 Å². The molecule has 0 N–H and O–H groups in total. The highest BCUT2D eigenvalue weighted by molar-refractivity contribution is 6.11. The highest BCUT2D eigenvalue weighted by Crippen LogP contribution is 2.40. The average Bonchev–Trinajstić information content (AvgIpc) is 3.67. The molecule has 0 bridgehead atoms. The Balaban J connectivity index is 1.03. The monoisotopic (exact) mass is 732 g/mol. The van der Waals surface area contributed by atoms with Gasteiger partial charge in [0, 0.05) is 75.4 Å². The van der Waals surface area contributed by atoms with E-state index in [1.807, 2.05) is 66.7 Å². The van der Waals surface area contributed by atoms with E-state index in [0.717, 1.165) is 99.9 Å². The molecule has 0 saturated carbocycles. The lowest BCUT2D eigenvalue weighted by molar-refractivity contribution is 0.670. The number of rotatable bonds is 6. The standard InChI is InChI=1S/C48H28N8O/c1-3-20-51-41(8-1)44-37-27-31(10-13-39(37)53-47(55-44)29-16-22-49-23-17-29)32-12-15-43-36(26-32)35-7-5-6-34(46(35)57-43)33-11-14-40-38(28-33)45(42-9-2-4-21-52-42)56-48(54-40)30-18-24-50-25-19-30/h1-28H. The van der Waals surface area contributed by atoms with Gasteiger partial charge in [-0.2, -0.15) is 0 Å². The number of hydrogen-bond donors (Lipinski definition) is 0. The summed E-state index contributed by atoms with van der Waals surface area (Å²) in [5.41, 5.74) is 12.2. The van der Waals surface area contributed by atoms with Crippen LogP contribution in [0.3, 0.4) is 0 Å². The van der Waals surface area contributed by atoms with Gasteiger partial charge in [-0.25, -0.2) is 19.9 Å². The van der Waals surface area contributed by atoms with E-state index in [4.69, 9.17) is 24.4 Å². The van der Waals surface area contributed by atoms with E-state index < -0.39 is 0 Å². The molecule has 0 atom stereocenters. The van der Waals surface area contributed by atoms with E-state index in [1.54, 1.807) is 37.2 Å². The van der Waals surface area contributed by atoms with Gasteiger partial charge in [0.1, 0.15) is 22.6 Å². The van der Waals surface area contributed by atoms with Crippen LogP contribution in [0, 0.1) is 0 Å². The summed E-state index contributed by atoms with van der Waals surface area (Å²) in [6.07, 6.45) is 10.6. The lowest BCUT2D eigenvalue weighted by atomic mass is 9.97. The van der Waals surface area contributed by atoms with E-state index in [9.17, 15) is 0 Å². The Morgan fingerprint density at radius 2 is 0.912 bits per heavy atom. The number of benzene rings is 4. The molecule has 0 aliphatic heterocycles. The Bertz CT molecular complexity index is 3280. The number of fused-ring (bicyclic) bond motifs is 5. The van der Waals surface area contributed by atoms with Crippen molar-refractivity contribution >= 4 is 43.7 Å². The van der Waals surface area contributed by atoms with Gasteiger partial charge in [0.2, 0.25) is 0 Å². The Labute approximate surface area is 325 Å². The first-order chi connectivity index (χ1) is 28.2. The minimum atomic E-state index is 0.620. The van der Waals surface area contributed by atoms with Crippen molar-refractivity contribution in [3.8, 4) is 67.8 Å². The Morgan fingerprint density at radius 3 is 1.49 bits per heavy atom. The van der Waals surface area contributed by atoms with Crippen LogP contribution in [0.5, 0.6) is 0 Å². The third-order valence-electron chi connectivity index (χ3n) is 10.2. The summed E-state index contributed by atoms with van der Waals surface area (Å²) in [5, 5.41) is 3.87. The Morgan fingerprint density at radius 1 is 0.368 bits per heavy atom. The molecule has 0 aliphatic carbocycles. The maximum absolute atomic E-state index is 6.65. The van der Waals surface area contributed by atoms with Crippen LogP contribution < -0.4 is 0 Å². The second kappa shape index (κ2) is 13.4. The third-order valence-corrected chi connectivity index (χ3v) is 10.2. The molecule has 9 heteroatoms. The molecule has 0 saturated heterocycles. The lowest BCUT2D eigenvalue weighted by Crippen LogP contribution is -1.97. The second-order valence-corrected chi connectivity index (χ2v) is 13.7.